The fourth-order valence-corrected chi connectivity index (χ4v) is 3.13. The van der Waals surface area contributed by atoms with Gasteiger partial charge in [0, 0.05) is 17.5 Å². The van der Waals surface area contributed by atoms with Gasteiger partial charge >= 0.3 is 0 Å². The summed E-state index contributed by atoms with van der Waals surface area (Å²) in [6.07, 6.45) is 4.01. The minimum absolute atomic E-state index is 0.792. The number of hydrogen-bond acceptors (Lipinski definition) is 2. The van der Waals surface area contributed by atoms with E-state index in [-0.39, 0.29) is 0 Å². The van der Waals surface area contributed by atoms with E-state index in [0.29, 0.717) is 0 Å². The summed E-state index contributed by atoms with van der Waals surface area (Å²) in [7, 11) is 0. The molecule has 1 aromatic rings. The molecule has 0 amide bonds. The molecule has 2 rings (SSSR count). The van der Waals surface area contributed by atoms with Crippen molar-refractivity contribution in [3.05, 3.63) is 30.3 Å². The second-order valence-electron chi connectivity index (χ2n) is 3.75. The van der Waals surface area contributed by atoms with Gasteiger partial charge in [0.05, 0.1) is 0 Å². The first-order valence-corrected chi connectivity index (χ1v) is 7.17. The minimum Gasteiger partial charge on any atom is -0.243 e. The zero-order chi connectivity index (χ0) is 11.8. The van der Waals surface area contributed by atoms with E-state index in [4.69, 9.17) is 0 Å². The van der Waals surface area contributed by atoms with Gasteiger partial charge in [-0.25, -0.2) is 4.31 Å². The van der Waals surface area contributed by atoms with E-state index in [9.17, 15) is 0 Å². The first-order chi connectivity index (χ1) is 7.90. The Morgan fingerprint density at radius 1 is 1.25 bits per heavy atom. The van der Waals surface area contributed by atoms with Crippen LogP contribution in [0.2, 0.25) is 0 Å². The van der Waals surface area contributed by atoms with Crippen LogP contribution in [0, 0.1) is 0 Å². The molecule has 0 aliphatic carbocycles. The number of hydrogen-bond donors (Lipinski definition) is 0. The summed E-state index contributed by atoms with van der Waals surface area (Å²) in [5.74, 6) is 0. The van der Waals surface area contributed by atoms with Crippen LogP contribution in [-0.4, -0.2) is 16.9 Å². The van der Waals surface area contributed by atoms with Crippen molar-refractivity contribution in [2.75, 3.05) is 6.54 Å². The third-order valence-electron chi connectivity index (χ3n) is 2.76. The van der Waals surface area contributed by atoms with Crippen LogP contribution >= 0.6 is 11.9 Å². The van der Waals surface area contributed by atoms with E-state index >= 15 is 0 Å². The van der Waals surface area contributed by atoms with E-state index < -0.39 is 0 Å². The molecule has 1 fully saturated rings. The predicted molar refractivity (Wildman–Crippen MR) is 73.7 cm³/mol. The van der Waals surface area contributed by atoms with Gasteiger partial charge in [-0.15, -0.1) is 0 Å². The summed E-state index contributed by atoms with van der Waals surface area (Å²) in [6, 6.07) is 11.5. The Kier molecular flexibility index (Phi) is 6.58. The summed E-state index contributed by atoms with van der Waals surface area (Å²) in [4.78, 5) is 1.37. The molecular weight excluding hydrogens is 214 g/mol. The molecule has 1 nitrogen and oxygen atoms in total. The molecule has 0 saturated carbocycles. The highest BCUT2D eigenvalue weighted by molar-refractivity contribution is 7.97. The van der Waals surface area contributed by atoms with Gasteiger partial charge in [-0.1, -0.05) is 39.0 Å². The summed E-state index contributed by atoms with van der Waals surface area (Å²) >= 11 is 1.92. The van der Waals surface area contributed by atoms with Gasteiger partial charge in [0.2, 0.25) is 0 Å². The molecule has 90 valence electrons. The van der Waals surface area contributed by atoms with Crippen molar-refractivity contribution < 1.29 is 0 Å². The maximum absolute atomic E-state index is 2.54. The Labute approximate surface area is 104 Å². The van der Waals surface area contributed by atoms with Gasteiger partial charge < -0.3 is 0 Å². The molecule has 0 N–H and O–H groups in total. The average molecular weight is 237 g/mol. The molecule has 0 bridgehead atoms. The van der Waals surface area contributed by atoms with Crippen LogP contribution in [0.5, 0.6) is 0 Å². The maximum Gasteiger partial charge on any atom is 0.0230 e. The molecular formula is C14H23NS. The van der Waals surface area contributed by atoms with E-state index in [0.717, 1.165) is 6.04 Å². The monoisotopic (exact) mass is 237 g/mol. The van der Waals surface area contributed by atoms with E-state index in [1.165, 1.54) is 30.7 Å². The first-order valence-electron chi connectivity index (χ1n) is 6.40. The minimum atomic E-state index is 0.792. The predicted octanol–water partition coefficient (Wildman–Crippen LogP) is 4.59. The maximum atomic E-state index is 2.54. The zero-order valence-corrected chi connectivity index (χ0v) is 11.5. The van der Waals surface area contributed by atoms with Crippen LogP contribution in [0.25, 0.3) is 0 Å². The van der Waals surface area contributed by atoms with Crippen LogP contribution in [0.1, 0.15) is 40.0 Å². The van der Waals surface area contributed by atoms with Gasteiger partial charge in [0.25, 0.3) is 0 Å². The van der Waals surface area contributed by atoms with E-state index in [1.807, 2.05) is 25.8 Å². The average Bonchev–Trinajstić information content (AvgIpc) is 2.80. The van der Waals surface area contributed by atoms with Crippen LogP contribution in [0.3, 0.4) is 0 Å². The van der Waals surface area contributed by atoms with Gasteiger partial charge in [-0.05, 0) is 43.3 Å². The van der Waals surface area contributed by atoms with Gasteiger partial charge in [0.15, 0.2) is 0 Å². The lowest BCUT2D eigenvalue weighted by molar-refractivity contribution is 0.425. The van der Waals surface area contributed by atoms with Crippen molar-refractivity contribution in [3.63, 3.8) is 0 Å². The van der Waals surface area contributed by atoms with Crippen molar-refractivity contribution in [1.29, 1.82) is 0 Å². The molecule has 1 unspecified atom stereocenters. The van der Waals surface area contributed by atoms with Crippen molar-refractivity contribution in [3.8, 4) is 0 Å². The third kappa shape index (κ3) is 3.84. The molecule has 2 heteroatoms. The summed E-state index contributed by atoms with van der Waals surface area (Å²) < 4.78 is 2.54. The Hall–Kier alpha value is -0.470. The second-order valence-corrected chi connectivity index (χ2v) is 4.87. The highest BCUT2D eigenvalue weighted by Crippen LogP contribution is 2.31. The highest BCUT2D eigenvalue weighted by atomic mass is 32.2. The largest absolute Gasteiger partial charge is 0.243 e. The smallest absolute Gasteiger partial charge is 0.0230 e. The summed E-state index contributed by atoms with van der Waals surface area (Å²) in [5.41, 5.74) is 0. The van der Waals surface area contributed by atoms with Crippen LogP contribution < -0.4 is 0 Å². The third-order valence-corrected chi connectivity index (χ3v) is 3.96. The molecule has 16 heavy (non-hydrogen) atoms. The summed E-state index contributed by atoms with van der Waals surface area (Å²) in [6.45, 7) is 7.53. The quantitative estimate of drug-likeness (QED) is 0.707. The lowest BCUT2D eigenvalue weighted by atomic mass is 10.2. The van der Waals surface area contributed by atoms with Crippen LogP contribution in [0.15, 0.2) is 35.2 Å². The summed E-state index contributed by atoms with van der Waals surface area (Å²) in [5, 5.41) is 0. The van der Waals surface area contributed by atoms with Gasteiger partial charge in [-0.3, -0.25) is 0 Å². The van der Waals surface area contributed by atoms with Crippen molar-refractivity contribution in [2.24, 2.45) is 0 Å². The fraction of sp³-hybridized carbons (Fsp3) is 0.571. The van der Waals surface area contributed by atoms with Gasteiger partial charge in [-0.2, -0.15) is 0 Å². The topological polar surface area (TPSA) is 3.24 Å². The lowest BCUT2D eigenvalue weighted by Gasteiger charge is -2.21. The normalized spacial score (nSPS) is 20.3. The number of benzene rings is 1. The van der Waals surface area contributed by atoms with Crippen LogP contribution in [0.4, 0.5) is 0 Å². The van der Waals surface area contributed by atoms with E-state index in [1.54, 1.807) is 0 Å². The molecule has 1 atom stereocenters. The van der Waals surface area contributed by atoms with Crippen molar-refractivity contribution in [1.82, 2.24) is 4.31 Å². The molecule has 1 aliphatic rings. The fourth-order valence-electron chi connectivity index (χ4n) is 1.95. The molecule has 1 aliphatic heterocycles. The number of rotatable bonds is 3. The van der Waals surface area contributed by atoms with Crippen molar-refractivity contribution in [2.45, 2.75) is 51.0 Å². The molecule has 1 heterocycles. The highest BCUT2D eigenvalue weighted by Gasteiger charge is 2.23. The van der Waals surface area contributed by atoms with Gasteiger partial charge in [0.1, 0.15) is 0 Å². The number of nitrogens with zero attached hydrogens (tertiary/aromatic N) is 1. The second kappa shape index (κ2) is 7.75. The SMILES string of the molecule is CC.CCC1CCCN1Sc1ccccc1. The Balaban J connectivity index is 0.000000606. The molecule has 0 spiro atoms. The molecule has 1 aromatic carbocycles. The molecule has 0 radical (unpaired) electrons. The zero-order valence-electron chi connectivity index (χ0n) is 10.6. The van der Waals surface area contributed by atoms with Crippen LogP contribution in [-0.2, 0) is 0 Å². The molecule has 1 saturated heterocycles. The standard InChI is InChI=1S/C12H17NS.C2H6/c1-2-11-7-6-10-13(11)14-12-8-4-3-5-9-12;1-2/h3-5,8-9,11H,2,6-7,10H2,1H3;1-2H3. The Bertz CT molecular complexity index is 273. The Morgan fingerprint density at radius 3 is 2.56 bits per heavy atom. The van der Waals surface area contributed by atoms with Crippen molar-refractivity contribution >= 4 is 11.9 Å². The lowest BCUT2D eigenvalue weighted by Crippen LogP contribution is -2.21. The van der Waals surface area contributed by atoms with E-state index in [2.05, 4.69) is 41.6 Å². The Morgan fingerprint density at radius 2 is 1.94 bits per heavy atom. The molecule has 0 aromatic heterocycles. The first kappa shape index (κ1) is 13.6.